The monoisotopic (exact) mass is 397 g/mol. The van der Waals surface area contributed by atoms with Crippen molar-refractivity contribution < 1.29 is 13.2 Å². The van der Waals surface area contributed by atoms with Gasteiger partial charge in [0.2, 0.25) is 10.0 Å². The lowest BCUT2D eigenvalue weighted by molar-refractivity contribution is 0.397. The summed E-state index contributed by atoms with van der Waals surface area (Å²) in [6, 6.07) is 14.8. The molecule has 1 saturated heterocycles. The summed E-state index contributed by atoms with van der Waals surface area (Å²) in [4.78, 5) is 1.39. The van der Waals surface area contributed by atoms with E-state index >= 15 is 0 Å². The molecule has 1 unspecified atom stereocenters. The molecule has 7 heteroatoms. The van der Waals surface area contributed by atoms with Crippen molar-refractivity contribution in [1.29, 1.82) is 0 Å². The van der Waals surface area contributed by atoms with Crippen molar-refractivity contribution in [1.82, 2.24) is 4.31 Å². The molecular weight excluding hydrogens is 378 g/mol. The Labute approximate surface area is 158 Å². The molecule has 0 N–H and O–H groups in total. The zero-order valence-electron chi connectivity index (χ0n) is 13.9. The summed E-state index contributed by atoms with van der Waals surface area (Å²) in [6.07, 6.45) is 0.870. The summed E-state index contributed by atoms with van der Waals surface area (Å²) >= 11 is 7.71. The Morgan fingerprint density at radius 3 is 2.72 bits per heavy atom. The van der Waals surface area contributed by atoms with Gasteiger partial charge in [-0.1, -0.05) is 29.8 Å². The van der Waals surface area contributed by atoms with Gasteiger partial charge in [-0.2, -0.15) is 4.31 Å². The van der Waals surface area contributed by atoms with Crippen molar-refractivity contribution in [3.05, 3.63) is 53.6 Å². The summed E-state index contributed by atoms with van der Waals surface area (Å²) in [5, 5.41) is 0.453. The molecule has 1 aliphatic heterocycles. The van der Waals surface area contributed by atoms with Crippen LogP contribution in [0.15, 0.2) is 58.3 Å². The Balaban J connectivity index is 1.68. The van der Waals surface area contributed by atoms with Crippen LogP contribution in [-0.4, -0.2) is 38.7 Å². The smallest absolute Gasteiger partial charge is 0.246 e. The lowest BCUT2D eigenvalue weighted by Gasteiger charge is -2.18. The van der Waals surface area contributed by atoms with Crippen molar-refractivity contribution in [3.8, 4) is 5.75 Å². The Hall–Kier alpha value is -1.21. The molecule has 2 aromatic rings. The van der Waals surface area contributed by atoms with Gasteiger partial charge in [-0.3, -0.25) is 0 Å². The highest BCUT2D eigenvalue weighted by molar-refractivity contribution is 7.99. The van der Waals surface area contributed by atoms with E-state index in [9.17, 15) is 8.42 Å². The zero-order valence-corrected chi connectivity index (χ0v) is 16.3. The van der Waals surface area contributed by atoms with Crippen molar-refractivity contribution in [2.24, 2.45) is 5.92 Å². The maximum Gasteiger partial charge on any atom is 0.246 e. The Kier molecular flexibility index (Phi) is 5.94. The topological polar surface area (TPSA) is 46.6 Å². The highest BCUT2D eigenvalue weighted by Crippen LogP contribution is 2.33. The molecule has 1 atom stereocenters. The zero-order chi connectivity index (χ0) is 17.9. The normalized spacial score (nSPS) is 18.4. The van der Waals surface area contributed by atoms with E-state index in [1.54, 1.807) is 22.1 Å². The van der Waals surface area contributed by atoms with Crippen LogP contribution in [0.3, 0.4) is 0 Å². The van der Waals surface area contributed by atoms with Crippen molar-refractivity contribution >= 4 is 33.4 Å². The van der Waals surface area contributed by atoms with Crippen molar-refractivity contribution in [2.75, 3.05) is 26.0 Å². The summed E-state index contributed by atoms with van der Waals surface area (Å²) in [5.74, 6) is 1.54. The summed E-state index contributed by atoms with van der Waals surface area (Å²) < 4.78 is 32.6. The van der Waals surface area contributed by atoms with Gasteiger partial charge in [-0.05, 0) is 36.6 Å². The van der Waals surface area contributed by atoms with E-state index in [0.29, 0.717) is 24.0 Å². The number of halogens is 1. The maximum atomic E-state index is 12.9. The van der Waals surface area contributed by atoms with Crippen LogP contribution in [0.5, 0.6) is 5.75 Å². The molecule has 1 aliphatic rings. The quantitative estimate of drug-likeness (QED) is 0.687. The Morgan fingerprint density at radius 2 is 2.00 bits per heavy atom. The van der Waals surface area contributed by atoms with Crippen LogP contribution in [0, 0.1) is 5.92 Å². The molecule has 1 fully saturated rings. The minimum absolute atomic E-state index is 0.177. The number of hydrogen-bond donors (Lipinski definition) is 0. The second-order valence-corrected chi connectivity index (χ2v) is 9.37. The van der Waals surface area contributed by atoms with Crippen LogP contribution in [-0.2, 0) is 10.0 Å². The average Bonchev–Trinajstić information content (AvgIpc) is 3.10. The first-order chi connectivity index (χ1) is 12.0. The molecule has 0 amide bonds. The highest BCUT2D eigenvalue weighted by Gasteiger charge is 2.34. The molecule has 0 spiro atoms. The number of sulfonamides is 1. The minimum Gasteiger partial charge on any atom is -0.495 e. The fourth-order valence-electron chi connectivity index (χ4n) is 2.88. The molecule has 4 nitrogen and oxygen atoms in total. The van der Waals surface area contributed by atoms with Crippen LogP contribution in [0.2, 0.25) is 5.02 Å². The summed E-state index contributed by atoms with van der Waals surface area (Å²) in [6.45, 7) is 1.07. The molecular formula is C18H20ClNO3S2. The second-order valence-electron chi connectivity index (χ2n) is 5.94. The number of rotatable bonds is 6. The third-order valence-electron chi connectivity index (χ3n) is 4.22. The fourth-order valence-corrected chi connectivity index (χ4v) is 5.76. The molecule has 0 bridgehead atoms. The number of thioether (sulfide) groups is 1. The molecule has 134 valence electrons. The van der Waals surface area contributed by atoms with Gasteiger partial charge in [0.1, 0.15) is 10.6 Å². The Morgan fingerprint density at radius 1 is 1.24 bits per heavy atom. The highest BCUT2D eigenvalue weighted by atomic mass is 35.5. The summed E-state index contributed by atoms with van der Waals surface area (Å²) in [7, 11) is -2.12. The third-order valence-corrected chi connectivity index (χ3v) is 7.60. The average molecular weight is 398 g/mol. The van der Waals surface area contributed by atoms with Crippen LogP contribution >= 0.6 is 23.4 Å². The van der Waals surface area contributed by atoms with Gasteiger partial charge in [0.15, 0.2) is 0 Å². The standard InChI is InChI=1S/C18H20ClNO3S2/c1-23-17-11-15(19)7-8-18(17)25(21,22)20-10-9-14(12-20)13-24-16-5-3-2-4-6-16/h2-8,11,14H,9-10,12-13H2,1H3. The third kappa shape index (κ3) is 4.31. The summed E-state index contributed by atoms with van der Waals surface area (Å²) in [5.41, 5.74) is 0. The van der Waals surface area contributed by atoms with Crippen LogP contribution in [0.4, 0.5) is 0 Å². The lowest BCUT2D eigenvalue weighted by Crippen LogP contribution is -2.29. The molecule has 25 heavy (non-hydrogen) atoms. The molecule has 0 saturated carbocycles. The number of ether oxygens (including phenoxy) is 1. The van der Waals surface area contributed by atoms with Gasteiger partial charge in [0, 0.05) is 34.8 Å². The first kappa shape index (κ1) is 18.6. The molecule has 0 aliphatic carbocycles. The molecule has 0 aromatic heterocycles. The number of benzene rings is 2. The number of methoxy groups -OCH3 is 1. The Bertz CT molecular complexity index is 827. The maximum absolute atomic E-state index is 12.9. The SMILES string of the molecule is COc1cc(Cl)ccc1S(=O)(=O)N1CCC(CSc2ccccc2)C1. The van der Waals surface area contributed by atoms with E-state index in [-0.39, 0.29) is 10.6 Å². The van der Waals surface area contributed by atoms with Crippen molar-refractivity contribution in [2.45, 2.75) is 16.2 Å². The van der Waals surface area contributed by atoms with E-state index in [2.05, 4.69) is 12.1 Å². The molecule has 1 heterocycles. The van der Waals surface area contributed by atoms with Crippen LogP contribution < -0.4 is 4.74 Å². The first-order valence-electron chi connectivity index (χ1n) is 8.02. The van der Waals surface area contributed by atoms with E-state index < -0.39 is 10.0 Å². The van der Waals surface area contributed by atoms with E-state index in [1.165, 1.54) is 24.1 Å². The minimum atomic E-state index is -3.57. The first-order valence-corrected chi connectivity index (χ1v) is 10.8. The molecule has 3 rings (SSSR count). The predicted octanol–water partition coefficient (Wildman–Crippen LogP) is 4.15. The fraction of sp³-hybridized carbons (Fsp3) is 0.333. The van der Waals surface area contributed by atoms with Crippen LogP contribution in [0.25, 0.3) is 0 Å². The van der Waals surface area contributed by atoms with Gasteiger partial charge < -0.3 is 4.74 Å². The number of nitrogens with zero attached hydrogens (tertiary/aromatic N) is 1. The van der Waals surface area contributed by atoms with Gasteiger partial charge in [-0.25, -0.2) is 8.42 Å². The van der Waals surface area contributed by atoms with E-state index in [1.807, 2.05) is 18.2 Å². The number of hydrogen-bond acceptors (Lipinski definition) is 4. The van der Waals surface area contributed by atoms with Crippen LogP contribution in [0.1, 0.15) is 6.42 Å². The van der Waals surface area contributed by atoms with Crippen molar-refractivity contribution in [3.63, 3.8) is 0 Å². The van der Waals surface area contributed by atoms with E-state index in [4.69, 9.17) is 16.3 Å². The predicted molar refractivity (Wildman–Crippen MR) is 102 cm³/mol. The second kappa shape index (κ2) is 7.99. The van der Waals surface area contributed by atoms with Gasteiger partial charge in [0.25, 0.3) is 0 Å². The molecule has 0 radical (unpaired) electrons. The van der Waals surface area contributed by atoms with Gasteiger partial charge >= 0.3 is 0 Å². The van der Waals surface area contributed by atoms with Gasteiger partial charge in [0.05, 0.1) is 7.11 Å². The van der Waals surface area contributed by atoms with Gasteiger partial charge in [-0.15, -0.1) is 11.8 Å². The largest absolute Gasteiger partial charge is 0.495 e. The van der Waals surface area contributed by atoms with E-state index in [0.717, 1.165) is 12.2 Å². The lowest BCUT2D eigenvalue weighted by atomic mass is 10.2. The molecule has 2 aromatic carbocycles.